The number of para-hydroxylation sites is 1. The summed E-state index contributed by atoms with van der Waals surface area (Å²) in [4.78, 5) is 1.25. The minimum absolute atomic E-state index is 0.316. The molecule has 2 rings (SSSR count). The predicted molar refractivity (Wildman–Crippen MR) is 84.8 cm³/mol. The Morgan fingerprint density at radius 2 is 1.70 bits per heavy atom. The lowest BCUT2D eigenvalue weighted by Crippen LogP contribution is -2.14. The molecule has 0 saturated carbocycles. The molecule has 0 bridgehead atoms. The van der Waals surface area contributed by atoms with Crippen LogP contribution in [0, 0.1) is 6.92 Å². The van der Waals surface area contributed by atoms with Gasteiger partial charge in [0.15, 0.2) is 0 Å². The minimum Gasteiger partial charge on any atom is -0.278 e. The standard InChI is InChI=1S/C15H17NO2S2/c1-3-19-14-10-6-5-9-13(14)16-20(17,18)15-11-7-4-8-12(15)2/h4-11,16H,3H2,1-2H3. The molecule has 3 nitrogen and oxygen atoms in total. The largest absolute Gasteiger partial charge is 0.278 e. The average Bonchev–Trinajstić information content (AvgIpc) is 2.41. The van der Waals surface area contributed by atoms with Crippen molar-refractivity contribution in [3.63, 3.8) is 0 Å². The number of rotatable bonds is 5. The number of aryl methyl sites for hydroxylation is 1. The lowest BCUT2D eigenvalue weighted by atomic mass is 10.2. The van der Waals surface area contributed by atoms with E-state index in [9.17, 15) is 8.42 Å². The summed E-state index contributed by atoms with van der Waals surface area (Å²) in [5.41, 5.74) is 1.36. The number of nitrogens with one attached hydrogen (secondary N) is 1. The summed E-state index contributed by atoms with van der Waals surface area (Å²) in [6, 6.07) is 14.4. The summed E-state index contributed by atoms with van der Waals surface area (Å²) < 4.78 is 27.6. The molecule has 0 heterocycles. The number of thioether (sulfide) groups is 1. The Kier molecular flexibility index (Phi) is 4.73. The Morgan fingerprint density at radius 3 is 2.40 bits per heavy atom. The lowest BCUT2D eigenvalue weighted by Gasteiger charge is -2.13. The van der Waals surface area contributed by atoms with Gasteiger partial charge in [0, 0.05) is 4.90 Å². The zero-order chi connectivity index (χ0) is 14.6. The van der Waals surface area contributed by atoms with Crippen LogP contribution in [0.2, 0.25) is 0 Å². The SMILES string of the molecule is CCSc1ccccc1NS(=O)(=O)c1ccccc1C. The number of anilines is 1. The van der Waals surface area contributed by atoms with Crippen molar-refractivity contribution in [3.05, 3.63) is 54.1 Å². The maximum Gasteiger partial charge on any atom is 0.262 e. The van der Waals surface area contributed by atoms with Gasteiger partial charge in [0.2, 0.25) is 0 Å². The van der Waals surface area contributed by atoms with E-state index in [0.29, 0.717) is 10.6 Å². The van der Waals surface area contributed by atoms with E-state index < -0.39 is 10.0 Å². The van der Waals surface area contributed by atoms with E-state index in [1.54, 1.807) is 43.0 Å². The van der Waals surface area contributed by atoms with Crippen molar-refractivity contribution in [2.75, 3.05) is 10.5 Å². The Balaban J connectivity index is 2.37. The summed E-state index contributed by atoms with van der Waals surface area (Å²) in [5, 5.41) is 0. The van der Waals surface area contributed by atoms with Gasteiger partial charge in [-0.1, -0.05) is 37.3 Å². The molecule has 0 fully saturated rings. The number of hydrogen-bond donors (Lipinski definition) is 1. The Bertz CT molecular complexity index is 697. The zero-order valence-electron chi connectivity index (χ0n) is 11.5. The fraction of sp³-hybridized carbons (Fsp3) is 0.200. The molecule has 2 aromatic rings. The van der Waals surface area contributed by atoms with Crippen LogP contribution in [0.1, 0.15) is 12.5 Å². The van der Waals surface area contributed by atoms with E-state index >= 15 is 0 Å². The van der Waals surface area contributed by atoms with Crippen LogP contribution in [-0.4, -0.2) is 14.2 Å². The van der Waals surface area contributed by atoms with Crippen molar-refractivity contribution in [1.29, 1.82) is 0 Å². The highest BCUT2D eigenvalue weighted by Gasteiger charge is 2.17. The first-order valence-electron chi connectivity index (χ1n) is 6.35. The molecule has 1 N–H and O–H groups in total. The normalized spacial score (nSPS) is 11.3. The number of benzene rings is 2. The van der Waals surface area contributed by atoms with Gasteiger partial charge in [0.1, 0.15) is 0 Å². The molecule has 0 aliphatic carbocycles. The Morgan fingerprint density at radius 1 is 1.05 bits per heavy atom. The second kappa shape index (κ2) is 6.33. The van der Waals surface area contributed by atoms with Crippen LogP contribution >= 0.6 is 11.8 Å². The monoisotopic (exact) mass is 307 g/mol. The molecule has 2 aromatic carbocycles. The highest BCUT2D eigenvalue weighted by atomic mass is 32.2. The molecule has 0 aliphatic rings. The number of hydrogen-bond acceptors (Lipinski definition) is 3. The topological polar surface area (TPSA) is 46.2 Å². The molecule has 0 radical (unpaired) electrons. The molecular formula is C15H17NO2S2. The van der Waals surface area contributed by atoms with Crippen LogP contribution in [0.3, 0.4) is 0 Å². The first kappa shape index (κ1) is 14.9. The smallest absolute Gasteiger partial charge is 0.262 e. The van der Waals surface area contributed by atoms with Gasteiger partial charge in [-0.15, -0.1) is 11.8 Å². The maximum atomic E-state index is 12.5. The second-order valence-electron chi connectivity index (χ2n) is 4.30. The van der Waals surface area contributed by atoms with Crippen LogP contribution in [0.15, 0.2) is 58.3 Å². The van der Waals surface area contributed by atoms with E-state index in [1.807, 2.05) is 31.2 Å². The fourth-order valence-corrected chi connectivity index (χ4v) is 4.04. The third-order valence-electron chi connectivity index (χ3n) is 2.81. The molecule has 5 heteroatoms. The zero-order valence-corrected chi connectivity index (χ0v) is 13.1. The quantitative estimate of drug-likeness (QED) is 0.852. The van der Waals surface area contributed by atoms with Crippen LogP contribution < -0.4 is 4.72 Å². The summed E-state index contributed by atoms with van der Waals surface area (Å²) in [5.74, 6) is 0.892. The van der Waals surface area contributed by atoms with Crippen molar-refractivity contribution in [3.8, 4) is 0 Å². The number of sulfonamides is 1. The summed E-state index contributed by atoms with van der Waals surface area (Å²) in [6.07, 6.45) is 0. The van der Waals surface area contributed by atoms with Gasteiger partial charge in [-0.3, -0.25) is 4.72 Å². The van der Waals surface area contributed by atoms with Crippen LogP contribution in [0.5, 0.6) is 0 Å². The highest BCUT2D eigenvalue weighted by Crippen LogP contribution is 2.29. The molecule has 0 aromatic heterocycles. The first-order chi connectivity index (χ1) is 9.54. The van der Waals surface area contributed by atoms with Gasteiger partial charge < -0.3 is 0 Å². The molecule has 0 unspecified atom stereocenters. The van der Waals surface area contributed by atoms with Gasteiger partial charge in [-0.05, 0) is 36.4 Å². The average molecular weight is 307 g/mol. The summed E-state index contributed by atoms with van der Waals surface area (Å²) >= 11 is 1.62. The predicted octanol–water partition coefficient (Wildman–Crippen LogP) is 3.91. The molecule has 0 amide bonds. The van der Waals surface area contributed by atoms with E-state index in [4.69, 9.17) is 0 Å². The van der Waals surface area contributed by atoms with E-state index in [2.05, 4.69) is 4.72 Å². The van der Waals surface area contributed by atoms with E-state index in [-0.39, 0.29) is 0 Å². The fourth-order valence-electron chi connectivity index (χ4n) is 1.89. The first-order valence-corrected chi connectivity index (χ1v) is 8.81. The van der Waals surface area contributed by atoms with Gasteiger partial charge in [-0.25, -0.2) is 8.42 Å². The van der Waals surface area contributed by atoms with Crippen molar-refractivity contribution < 1.29 is 8.42 Å². The van der Waals surface area contributed by atoms with Crippen LogP contribution in [0.4, 0.5) is 5.69 Å². The van der Waals surface area contributed by atoms with Crippen molar-refractivity contribution >= 4 is 27.5 Å². The Hall–Kier alpha value is -1.46. The van der Waals surface area contributed by atoms with E-state index in [0.717, 1.165) is 16.2 Å². The highest BCUT2D eigenvalue weighted by molar-refractivity contribution is 7.99. The molecule has 20 heavy (non-hydrogen) atoms. The Labute approximate surface area is 124 Å². The summed E-state index contributed by atoms with van der Waals surface area (Å²) in [7, 11) is -3.55. The van der Waals surface area contributed by atoms with Crippen molar-refractivity contribution in [2.45, 2.75) is 23.6 Å². The maximum absolute atomic E-state index is 12.5. The lowest BCUT2D eigenvalue weighted by molar-refractivity contribution is 0.600. The van der Waals surface area contributed by atoms with Gasteiger partial charge >= 0.3 is 0 Å². The molecule has 0 atom stereocenters. The van der Waals surface area contributed by atoms with Gasteiger partial charge in [0.25, 0.3) is 10.0 Å². The molecule has 0 aliphatic heterocycles. The molecule has 0 spiro atoms. The van der Waals surface area contributed by atoms with Gasteiger partial charge in [-0.2, -0.15) is 0 Å². The molecule has 106 valence electrons. The van der Waals surface area contributed by atoms with Crippen molar-refractivity contribution in [2.24, 2.45) is 0 Å². The van der Waals surface area contributed by atoms with Crippen LogP contribution in [0.25, 0.3) is 0 Å². The van der Waals surface area contributed by atoms with Crippen LogP contribution in [-0.2, 0) is 10.0 Å². The minimum atomic E-state index is -3.55. The second-order valence-corrected chi connectivity index (χ2v) is 7.26. The molecule has 0 saturated heterocycles. The third kappa shape index (κ3) is 3.35. The third-order valence-corrected chi connectivity index (χ3v) is 5.30. The summed E-state index contributed by atoms with van der Waals surface area (Å²) in [6.45, 7) is 3.83. The van der Waals surface area contributed by atoms with Gasteiger partial charge in [0.05, 0.1) is 10.6 Å². The van der Waals surface area contributed by atoms with E-state index in [1.165, 1.54) is 0 Å². The molecular weight excluding hydrogens is 290 g/mol. The van der Waals surface area contributed by atoms with Crippen molar-refractivity contribution in [1.82, 2.24) is 0 Å².